The van der Waals surface area contributed by atoms with Crippen molar-refractivity contribution in [1.29, 1.82) is 0 Å². The third kappa shape index (κ3) is 1.91. The lowest BCUT2D eigenvalue weighted by atomic mass is 10.1. The average Bonchev–Trinajstić information content (AvgIpc) is 2.08. The van der Waals surface area contributed by atoms with Crippen LogP contribution in [0.5, 0.6) is 5.75 Å². The molecule has 0 radical (unpaired) electrons. The van der Waals surface area contributed by atoms with Gasteiger partial charge in [0.25, 0.3) is 0 Å². The number of phenolic OH excluding ortho intramolecular Hbond substituents is 1. The molecule has 0 amide bonds. The number of benzene rings is 1. The monoisotopic (exact) mass is 182 g/mol. The standard InChI is InChI=1S/C9H14N2O2/c1-11(2)9(13)6-4-3-5-7(10)8(6)12/h3-5,9,12-13H,10H2,1-2H3. The van der Waals surface area contributed by atoms with Crippen molar-refractivity contribution in [2.24, 2.45) is 0 Å². The van der Waals surface area contributed by atoms with Crippen molar-refractivity contribution >= 4 is 5.69 Å². The molecule has 0 heterocycles. The molecule has 1 atom stereocenters. The number of aromatic hydroxyl groups is 1. The van der Waals surface area contributed by atoms with Crippen LogP contribution in [0.4, 0.5) is 5.69 Å². The number of nitrogen functional groups attached to an aromatic ring is 1. The Morgan fingerprint density at radius 3 is 2.54 bits per heavy atom. The van der Waals surface area contributed by atoms with Crippen LogP contribution in [-0.4, -0.2) is 29.2 Å². The van der Waals surface area contributed by atoms with Gasteiger partial charge in [-0.2, -0.15) is 0 Å². The van der Waals surface area contributed by atoms with Crippen LogP contribution in [-0.2, 0) is 0 Å². The van der Waals surface area contributed by atoms with Crippen LogP contribution in [0.25, 0.3) is 0 Å². The van der Waals surface area contributed by atoms with Gasteiger partial charge in [-0.3, -0.25) is 4.90 Å². The first kappa shape index (κ1) is 9.83. The number of aliphatic hydroxyl groups excluding tert-OH is 1. The van der Waals surface area contributed by atoms with E-state index in [1.54, 1.807) is 37.2 Å². The van der Waals surface area contributed by atoms with Gasteiger partial charge in [0.1, 0.15) is 12.0 Å². The molecule has 0 aliphatic heterocycles. The van der Waals surface area contributed by atoms with Gasteiger partial charge in [0.15, 0.2) is 0 Å². The Bertz CT molecular complexity index is 300. The molecule has 1 aromatic rings. The maximum atomic E-state index is 9.61. The third-order valence-electron chi connectivity index (χ3n) is 1.87. The topological polar surface area (TPSA) is 69.7 Å². The van der Waals surface area contributed by atoms with E-state index in [0.717, 1.165) is 0 Å². The molecular formula is C9H14N2O2. The average molecular weight is 182 g/mol. The van der Waals surface area contributed by atoms with E-state index in [-0.39, 0.29) is 11.4 Å². The molecule has 0 saturated carbocycles. The minimum Gasteiger partial charge on any atom is -0.505 e. The molecule has 1 aromatic carbocycles. The molecule has 0 aliphatic carbocycles. The van der Waals surface area contributed by atoms with Crippen LogP contribution >= 0.6 is 0 Å². The number of nitrogens with zero attached hydrogens (tertiary/aromatic N) is 1. The summed E-state index contributed by atoms with van der Waals surface area (Å²) in [7, 11) is 3.43. The van der Waals surface area contributed by atoms with Crippen molar-refractivity contribution in [3.63, 3.8) is 0 Å². The van der Waals surface area contributed by atoms with Crippen LogP contribution in [0.15, 0.2) is 18.2 Å². The summed E-state index contributed by atoms with van der Waals surface area (Å²) in [4.78, 5) is 1.58. The zero-order valence-electron chi connectivity index (χ0n) is 7.73. The van der Waals surface area contributed by atoms with Gasteiger partial charge in [-0.05, 0) is 20.2 Å². The van der Waals surface area contributed by atoms with Gasteiger partial charge in [-0.1, -0.05) is 12.1 Å². The van der Waals surface area contributed by atoms with Crippen molar-refractivity contribution in [3.8, 4) is 5.75 Å². The molecule has 0 bridgehead atoms. The lowest BCUT2D eigenvalue weighted by Gasteiger charge is -2.20. The van der Waals surface area contributed by atoms with Crippen molar-refractivity contribution in [3.05, 3.63) is 23.8 Å². The van der Waals surface area contributed by atoms with Crippen LogP contribution in [0.3, 0.4) is 0 Å². The molecule has 0 aromatic heterocycles. The maximum Gasteiger partial charge on any atom is 0.145 e. The highest BCUT2D eigenvalue weighted by Gasteiger charge is 2.15. The van der Waals surface area contributed by atoms with Crippen molar-refractivity contribution < 1.29 is 10.2 Å². The van der Waals surface area contributed by atoms with E-state index in [1.165, 1.54) is 0 Å². The molecule has 72 valence electrons. The quantitative estimate of drug-likeness (QED) is 0.354. The van der Waals surface area contributed by atoms with E-state index in [4.69, 9.17) is 5.73 Å². The summed E-state index contributed by atoms with van der Waals surface area (Å²) in [6.07, 6.45) is -0.830. The second-order valence-electron chi connectivity index (χ2n) is 3.12. The minimum atomic E-state index is -0.830. The molecule has 0 saturated heterocycles. The molecule has 0 aliphatic rings. The first-order chi connectivity index (χ1) is 6.04. The minimum absolute atomic E-state index is 0.0521. The number of para-hydroxylation sites is 1. The second kappa shape index (κ2) is 3.64. The molecule has 1 unspecified atom stereocenters. The lowest BCUT2D eigenvalue weighted by molar-refractivity contribution is 0.0376. The number of hydrogen-bond acceptors (Lipinski definition) is 4. The van der Waals surface area contributed by atoms with Crippen LogP contribution in [0.1, 0.15) is 11.8 Å². The lowest BCUT2D eigenvalue weighted by Crippen LogP contribution is -2.19. The van der Waals surface area contributed by atoms with E-state index in [1.807, 2.05) is 0 Å². The van der Waals surface area contributed by atoms with Gasteiger partial charge >= 0.3 is 0 Å². The fourth-order valence-corrected chi connectivity index (χ4v) is 1.07. The molecule has 0 spiro atoms. The van der Waals surface area contributed by atoms with Gasteiger partial charge in [-0.15, -0.1) is 0 Å². The molecule has 13 heavy (non-hydrogen) atoms. The number of phenols is 1. The smallest absolute Gasteiger partial charge is 0.145 e. The number of anilines is 1. The number of rotatable bonds is 2. The molecule has 4 N–H and O–H groups in total. The molecule has 1 rings (SSSR count). The Balaban J connectivity index is 3.07. The number of hydrogen-bond donors (Lipinski definition) is 3. The third-order valence-corrected chi connectivity index (χ3v) is 1.87. The molecule has 0 fully saturated rings. The van der Waals surface area contributed by atoms with Crippen molar-refractivity contribution in [1.82, 2.24) is 4.90 Å². The maximum absolute atomic E-state index is 9.61. The summed E-state index contributed by atoms with van der Waals surface area (Å²) in [5.74, 6) is -0.0521. The summed E-state index contributed by atoms with van der Waals surface area (Å²) in [5, 5.41) is 19.1. The molecule has 4 heteroatoms. The highest BCUT2D eigenvalue weighted by molar-refractivity contribution is 5.56. The molecular weight excluding hydrogens is 168 g/mol. The Labute approximate surface area is 77.2 Å². The summed E-state index contributed by atoms with van der Waals surface area (Å²) in [6, 6.07) is 4.91. The normalized spacial score (nSPS) is 13.2. The van der Waals surface area contributed by atoms with Crippen molar-refractivity contribution in [2.45, 2.75) is 6.23 Å². The Morgan fingerprint density at radius 2 is 2.00 bits per heavy atom. The fraction of sp³-hybridized carbons (Fsp3) is 0.333. The van der Waals surface area contributed by atoms with Crippen LogP contribution in [0.2, 0.25) is 0 Å². The summed E-state index contributed by atoms with van der Waals surface area (Å²) in [6.45, 7) is 0. The largest absolute Gasteiger partial charge is 0.505 e. The first-order valence-electron chi connectivity index (χ1n) is 3.96. The first-order valence-corrected chi connectivity index (χ1v) is 3.96. The van der Waals surface area contributed by atoms with Crippen molar-refractivity contribution in [2.75, 3.05) is 19.8 Å². The fourth-order valence-electron chi connectivity index (χ4n) is 1.07. The van der Waals surface area contributed by atoms with E-state index < -0.39 is 6.23 Å². The summed E-state index contributed by atoms with van der Waals surface area (Å²) in [5.41, 5.74) is 6.18. The van der Waals surface area contributed by atoms with Crippen LogP contribution < -0.4 is 5.73 Å². The van der Waals surface area contributed by atoms with E-state index >= 15 is 0 Å². The van der Waals surface area contributed by atoms with E-state index in [9.17, 15) is 10.2 Å². The highest BCUT2D eigenvalue weighted by Crippen LogP contribution is 2.30. The SMILES string of the molecule is CN(C)C(O)c1cccc(N)c1O. The zero-order chi connectivity index (χ0) is 10.0. The Hall–Kier alpha value is -1.26. The van der Waals surface area contributed by atoms with E-state index in [2.05, 4.69) is 0 Å². The zero-order valence-corrected chi connectivity index (χ0v) is 7.73. The van der Waals surface area contributed by atoms with Gasteiger partial charge in [0.2, 0.25) is 0 Å². The van der Waals surface area contributed by atoms with Gasteiger partial charge in [-0.25, -0.2) is 0 Å². The summed E-state index contributed by atoms with van der Waals surface area (Å²) < 4.78 is 0. The Morgan fingerprint density at radius 1 is 1.38 bits per heavy atom. The van der Waals surface area contributed by atoms with Crippen LogP contribution in [0, 0.1) is 0 Å². The highest BCUT2D eigenvalue weighted by atomic mass is 16.3. The second-order valence-corrected chi connectivity index (χ2v) is 3.12. The summed E-state index contributed by atoms with van der Waals surface area (Å²) >= 11 is 0. The van der Waals surface area contributed by atoms with Gasteiger partial charge < -0.3 is 15.9 Å². The Kier molecular flexibility index (Phi) is 2.75. The number of aliphatic hydroxyl groups is 1. The number of nitrogens with two attached hydrogens (primary N) is 1. The van der Waals surface area contributed by atoms with Gasteiger partial charge in [0, 0.05) is 5.56 Å². The predicted molar refractivity (Wildman–Crippen MR) is 51.2 cm³/mol. The predicted octanol–water partition coefficient (Wildman–Crippen LogP) is 0.527. The van der Waals surface area contributed by atoms with E-state index in [0.29, 0.717) is 5.56 Å². The molecule has 4 nitrogen and oxygen atoms in total. The van der Waals surface area contributed by atoms with Gasteiger partial charge in [0.05, 0.1) is 5.69 Å².